The minimum atomic E-state index is -0.303. The fourth-order valence-corrected chi connectivity index (χ4v) is 2.53. The SMILES string of the molecule is C=CC1CC(=O)N(C(CCO)c2ccc(F)cc2)C1. The molecule has 1 aromatic rings. The number of nitrogens with zero attached hydrogens (tertiary/aromatic N) is 1. The fraction of sp³-hybridized carbons (Fsp3) is 0.400. The van der Waals surface area contributed by atoms with Gasteiger partial charge < -0.3 is 10.0 Å². The van der Waals surface area contributed by atoms with Crippen molar-refractivity contribution in [1.82, 2.24) is 4.90 Å². The summed E-state index contributed by atoms with van der Waals surface area (Å²) in [5.41, 5.74) is 0.855. The van der Waals surface area contributed by atoms with Crippen LogP contribution in [0.5, 0.6) is 0 Å². The third kappa shape index (κ3) is 3.01. The molecule has 0 aromatic heterocycles. The minimum absolute atomic E-state index is 0.00935. The highest BCUT2D eigenvalue weighted by Gasteiger charge is 2.33. The molecule has 0 bridgehead atoms. The number of hydrogen-bond donors (Lipinski definition) is 1. The Kier molecular flexibility index (Phi) is 4.32. The molecule has 1 saturated heterocycles. The van der Waals surface area contributed by atoms with Crippen LogP contribution in [0, 0.1) is 11.7 Å². The summed E-state index contributed by atoms with van der Waals surface area (Å²) in [5.74, 6) is -0.0787. The van der Waals surface area contributed by atoms with Crippen molar-refractivity contribution in [3.8, 4) is 0 Å². The molecule has 3 nitrogen and oxygen atoms in total. The molecule has 0 radical (unpaired) electrons. The Balaban J connectivity index is 2.22. The van der Waals surface area contributed by atoms with Crippen molar-refractivity contribution in [2.45, 2.75) is 18.9 Å². The van der Waals surface area contributed by atoms with Gasteiger partial charge in [-0.2, -0.15) is 0 Å². The molecule has 19 heavy (non-hydrogen) atoms. The maximum atomic E-state index is 13.0. The number of hydrogen-bond acceptors (Lipinski definition) is 2. The van der Waals surface area contributed by atoms with Gasteiger partial charge in [0.25, 0.3) is 0 Å². The predicted molar refractivity (Wildman–Crippen MR) is 70.9 cm³/mol. The van der Waals surface area contributed by atoms with Gasteiger partial charge in [0.1, 0.15) is 5.82 Å². The number of carbonyl (C=O) groups is 1. The summed E-state index contributed by atoms with van der Waals surface area (Å²) in [7, 11) is 0. The Morgan fingerprint density at radius 2 is 2.16 bits per heavy atom. The topological polar surface area (TPSA) is 40.5 Å². The van der Waals surface area contributed by atoms with Gasteiger partial charge in [-0.15, -0.1) is 6.58 Å². The molecule has 2 rings (SSSR count). The van der Waals surface area contributed by atoms with Crippen LogP contribution in [-0.2, 0) is 4.79 Å². The number of aliphatic hydroxyl groups excluding tert-OH is 1. The average molecular weight is 263 g/mol. The normalized spacial score (nSPS) is 20.6. The smallest absolute Gasteiger partial charge is 0.223 e. The number of benzene rings is 1. The lowest BCUT2D eigenvalue weighted by Crippen LogP contribution is -2.31. The first-order valence-electron chi connectivity index (χ1n) is 6.44. The Morgan fingerprint density at radius 1 is 1.47 bits per heavy atom. The van der Waals surface area contributed by atoms with E-state index in [1.165, 1.54) is 12.1 Å². The van der Waals surface area contributed by atoms with Crippen LogP contribution in [0.25, 0.3) is 0 Å². The maximum Gasteiger partial charge on any atom is 0.223 e. The van der Waals surface area contributed by atoms with E-state index in [0.29, 0.717) is 19.4 Å². The van der Waals surface area contributed by atoms with Crippen molar-refractivity contribution in [1.29, 1.82) is 0 Å². The fourth-order valence-electron chi connectivity index (χ4n) is 2.53. The van der Waals surface area contributed by atoms with Gasteiger partial charge >= 0.3 is 0 Å². The molecule has 0 saturated carbocycles. The lowest BCUT2D eigenvalue weighted by Gasteiger charge is -2.28. The van der Waals surface area contributed by atoms with Crippen molar-refractivity contribution in [2.24, 2.45) is 5.92 Å². The van der Waals surface area contributed by atoms with Crippen LogP contribution in [-0.4, -0.2) is 29.1 Å². The molecule has 4 heteroatoms. The molecule has 1 aromatic carbocycles. The number of halogens is 1. The van der Waals surface area contributed by atoms with Gasteiger partial charge in [-0.05, 0) is 24.1 Å². The van der Waals surface area contributed by atoms with Crippen LogP contribution in [0.4, 0.5) is 4.39 Å². The summed E-state index contributed by atoms with van der Waals surface area (Å²) in [6.45, 7) is 4.33. The second-order valence-electron chi connectivity index (χ2n) is 4.83. The summed E-state index contributed by atoms with van der Waals surface area (Å²) in [6, 6.07) is 5.91. The standard InChI is InChI=1S/C15H18FNO2/c1-2-11-9-15(19)17(10-11)14(7-8-18)12-3-5-13(16)6-4-12/h2-6,11,14,18H,1,7-10H2. The lowest BCUT2D eigenvalue weighted by atomic mass is 10.0. The molecular weight excluding hydrogens is 245 g/mol. The second kappa shape index (κ2) is 5.97. The van der Waals surface area contributed by atoms with Gasteiger partial charge in [0.05, 0.1) is 6.04 Å². The second-order valence-corrected chi connectivity index (χ2v) is 4.83. The zero-order chi connectivity index (χ0) is 13.8. The summed E-state index contributed by atoms with van der Waals surface area (Å²) < 4.78 is 13.0. The summed E-state index contributed by atoms with van der Waals surface area (Å²) in [4.78, 5) is 13.8. The van der Waals surface area contributed by atoms with E-state index in [1.54, 1.807) is 23.1 Å². The largest absolute Gasteiger partial charge is 0.396 e. The molecule has 1 heterocycles. The first kappa shape index (κ1) is 13.7. The van der Waals surface area contributed by atoms with Crippen molar-refractivity contribution in [3.63, 3.8) is 0 Å². The molecule has 2 atom stereocenters. The predicted octanol–water partition coefficient (Wildman–Crippen LogP) is 2.28. The molecule has 0 spiro atoms. The zero-order valence-electron chi connectivity index (χ0n) is 10.8. The Morgan fingerprint density at radius 3 is 2.68 bits per heavy atom. The Bertz CT molecular complexity index is 458. The number of carbonyl (C=O) groups excluding carboxylic acids is 1. The van der Waals surface area contributed by atoms with Gasteiger partial charge in [-0.1, -0.05) is 18.2 Å². The van der Waals surface area contributed by atoms with Crippen LogP contribution in [0.2, 0.25) is 0 Å². The van der Waals surface area contributed by atoms with E-state index in [9.17, 15) is 14.3 Å². The van der Waals surface area contributed by atoms with Crippen molar-refractivity contribution in [3.05, 3.63) is 48.3 Å². The van der Waals surface area contributed by atoms with Gasteiger partial charge in [0.15, 0.2) is 0 Å². The van der Waals surface area contributed by atoms with E-state index >= 15 is 0 Å². The van der Waals surface area contributed by atoms with Crippen LogP contribution < -0.4 is 0 Å². The van der Waals surface area contributed by atoms with E-state index in [2.05, 4.69) is 6.58 Å². The lowest BCUT2D eigenvalue weighted by molar-refractivity contribution is -0.130. The molecule has 1 aliphatic heterocycles. The number of rotatable bonds is 5. The van der Waals surface area contributed by atoms with Gasteiger partial charge in [0, 0.05) is 25.5 Å². The Labute approximate surface area is 112 Å². The maximum absolute atomic E-state index is 13.0. The first-order valence-corrected chi connectivity index (χ1v) is 6.44. The van der Waals surface area contributed by atoms with E-state index in [4.69, 9.17) is 0 Å². The third-order valence-electron chi connectivity index (χ3n) is 3.56. The molecule has 2 unspecified atom stereocenters. The van der Waals surface area contributed by atoms with Crippen LogP contribution in [0.15, 0.2) is 36.9 Å². The number of amides is 1. The molecule has 0 aliphatic carbocycles. The monoisotopic (exact) mass is 263 g/mol. The van der Waals surface area contributed by atoms with Gasteiger partial charge in [-0.3, -0.25) is 4.79 Å². The highest BCUT2D eigenvalue weighted by molar-refractivity contribution is 5.79. The Hall–Kier alpha value is -1.68. The van der Waals surface area contributed by atoms with Crippen molar-refractivity contribution in [2.75, 3.05) is 13.2 Å². The average Bonchev–Trinajstić information content (AvgIpc) is 2.78. The van der Waals surface area contributed by atoms with E-state index in [1.807, 2.05) is 0 Å². The third-order valence-corrected chi connectivity index (χ3v) is 3.56. The molecule has 1 N–H and O–H groups in total. The van der Waals surface area contributed by atoms with E-state index < -0.39 is 0 Å². The summed E-state index contributed by atoms with van der Waals surface area (Å²) in [5, 5.41) is 9.19. The van der Waals surface area contributed by atoms with E-state index in [-0.39, 0.29) is 30.3 Å². The van der Waals surface area contributed by atoms with Crippen molar-refractivity contribution < 1.29 is 14.3 Å². The van der Waals surface area contributed by atoms with E-state index in [0.717, 1.165) is 5.56 Å². The van der Waals surface area contributed by atoms with Gasteiger partial charge in [-0.25, -0.2) is 4.39 Å². The van der Waals surface area contributed by atoms with Crippen LogP contribution in [0.3, 0.4) is 0 Å². The first-order chi connectivity index (χ1) is 9.15. The molecule has 1 fully saturated rings. The minimum Gasteiger partial charge on any atom is -0.396 e. The summed E-state index contributed by atoms with van der Waals surface area (Å²) in [6.07, 6.45) is 2.71. The zero-order valence-corrected chi connectivity index (χ0v) is 10.8. The molecule has 1 aliphatic rings. The van der Waals surface area contributed by atoms with Crippen molar-refractivity contribution >= 4 is 5.91 Å². The molecule has 1 amide bonds. The van der Waals surface area contributed by atoms with Crippen LogP contribution in [0.1, 0.15) is 24.4 Å². The quantitative estimate of drug-likeness (QED) is 0.828. The highest BCUT2D eigenvalue weighted by Crippen LogP contribution is 2.31. The molecule has 102 valence electrons. The van der Waals surface area contributed by atoms with Gasteiger partial charge in [0.2, 0.25) is 5.91 Å². The number of aliphatic hydroxyl groups is 1. The number of likely N-dealkylation sites (tertiary alicyclic amines) is 1. The highest BCUT2D eigenvalue weighted by atomic mass is 19.1. The molecular formula is C15H18FNO2. The van der Waals surface area contributed by atoms with Crippen LogP contribution >= 0.6 is 0 Å². The summed E-state index contributed by atoms with van der Waals surface area (Å²) >= 11 is 0.